The zero-order chi connectivity index (χ0) is 19.1. The Morgan fingerprint density at radius 2 is 1.62 bits per heavy atom. The van der Waals surface area contributed by atoms with Crippen LogP contribution in [-0.2, 0) is 16.9 Å². The number of amides is 1. The molecule has 1 atom stereocenters. The molecule has 0 fully saturated rings. The largest absolute Gasteiger partial charge is 0.344 e. The summed E-state index contributed by atoms with van der Waals surface area (Å²) in [7, 11) is 0. The third-order valence-corrected chi connectivity index (χ3v) is 3.64. The Morgan fingerprint density at radius 1 is 1.00 bits per heavy atom. The molecule has 0 aliphatic carbocycles. The van der Waals surface area contributed by atoms with E-state index in [1.54, 1.807) is 0 Å². The molecule has 1 aliphatic heterocycles. The van der Waals surface area contributed by atoms with Gasteiger partial charge in [-0.25, -0.2) is 9.97 Å². The molecule has 0 radical (unpaired) electrons. The van der Waals surface area contributed by atoms with Crippen molar-refractivity contribution >= 4 is 18.1 Å². The number of carbonyl (C=O) groups is 1. The van der Waals surface area contributed by atoms with E-state index in [0.29, 0.717) is 6.07 Å². The third-order valence-electron chi connectivity index (χ3n) is 3.64. The fourth-order valence-electron chi connectivity index (χ4n) is 2.46. The predicted molar refractivity (Wildman–Crippen MR) is 81.6 cm³/mol. The number of hydrogen-bond donors (Lipinski definition) is 4. The first-order valence-electron chi connectivity index (χ1n) is 7.16. The maximum absolute atomic E-state index is 13.6. The monoisotopic (exact) mass is 366 g/mol. The standard InChI is InChI=1S/C15H12F2N4O5/c16-14(23,24)10-3-2-8(6-11(10)15(17,25)26)9-7-20-21(12(9)22)13-18-4-1-5-19-13/h1-7,9,23-26H. The van der Waals surface area contributed by atoms with Crippen LogP contribution in [0, 0.1) is 0 Å². The molecule has 1 aliphatic rings. The quantitative estimate of drug-likeness (QED) is 0.546. The number of hydrazone groups is 1. The van der Waals surface area contributed by atoms with Crippen molar-refractivity contribution < 1.29 is 34.0 Å². The second kappa shape index (κ2) is 6.14. The Bertz CT molecular complexity index is 865. The summed E-state index contributed by atoms with van der Waals surface area (Å²) in [5, 5.41) is 41.1. The lowest BCUT2D eigenvalue weighted by atomic mass is 9.94. The van der Waals surface area contributed by atoms with Crippen molar-refractivity contribution in [3.63, 3.8) is 0 Å². The van der Waals surface area contributed by atoms with E-state index in [4.69, 9.17) is 20.4 Å². The molecule has 1 aromatic heterocycles. The summed E-state index contributed by atoms with van der Waals surface area (Å²) >= 11 is 0. The highest BCUT2D eigenvalue weighted by Crippen LogP contribution is 2.34. The Balaban J connectivity index is 1.99. The van der Waals surface area contributed by atoms with E-state index in [1.165, 1.54) is 24.7 Å². The number of rotatable bonds is 4. The van der Waals surface area contributed by atoms with Crippen LogP contribution < -0.4 is 5.01 Å². The zero-order valence-corrected chi connectivity index (χ0v) is 12.9. The van der Waals surface area contributed by atoms with Gasteiger partial charge in [0.1, 0.15) is 5.92 Å². The van der Waals surface area contributed by atoms with Gasteiger partial charge in [0, 0.05) is 18.6 Å². The number of aliphatic hydroxyl groups is 4. The van der Waals surface area contributed by atoms with Crippen LogP contribution in [-0.4, -0.2) is 42.5 Å². The highest BCUT2D eigenvalue weighted by molar-refractivity contribution is 6.11. The number of nitrogens with zero attached hydrogens (tertiary/aromatic N) is 4. The molecule has 4 N–H and O–H groups in total. The van der Waals surface area contributed by atoms with Crippen molar-refractivity contribution in [3.05, 3.63) is 53.3 Å². The van der Waals surface area contributed by atoms with Gasteiger partial charge in [0.05, 0.1) is 11.1 Å². The van der Waals surface area contributed by atoms with Gasteiger partial charge < -0.3 is 20.4 Å². The average Bonchev–Trinajstić information content (AvgIpc) is 2.95. The second-order valence-electron chi connectivity index (χ2n) is 5.42. The van der Waals surface area contributed by atoms with E-state index in [1.807, 2.05) is 0 Å². The molecular formula is C15H12F2N4O5. The summed E-state index contributed by atoms with van der Waals surface area (Å²) < 4.78 is 27.0. The summed E-state index contributed by atoms with van der Waals surface area (Å²) in [4.78, 5) is 20.2. The van der Waals surface area contributed by atoms with Gasteiger partial charge in [-0.3, -0.25) is 4.79 Å². The van der Waals surface area contributed by atoms with Crippen molar-refractivity contribution in [1.82, 2.24) is 9.97 Å². The van der Waals surface area contributed by atoms with Gasteiger partial charge >= 0.3 is 12.1 Å². The van der Waals surface area contributed by atoms with Crippen LogP contribution in [0.4, 0.5) is 14.7 Å². The SMILES string of the molecule is O=C1C(c2ccc(C(O)(O)F)c(C(O)(O)F)c2)C=NN1c1ncccn1. The zero-order valence-electron chi connectivity index (χ0n) is 12.9. The topological polar surface area (TPSA) is 139 Å². The minimum Gasteiger partial charge on any atom is -0.336 e. The van der Waals surface area contributed by atoms with Crippen molar-refractivity contribution in [2.24, 2.45) is 5.10 Å². The fraction of sp³-hybridized carbons (Fsp3) is 0.200. The highest BCUT2D eigenvalue weighted by Gasteiger charge is 2.39. The van der Waals surface area contributed by atoms with Crippen molar-refractivity contribution in [1.29, 1.82) is 0 Å². The second-order valence-corrected chi connectivity index (χ2v) is 5.42. The molecule has 0 bridgehead atoms. The first kappa shape index (κ1) is 17.9. The molecule has 3 rings (SSSR count). The third kappa shape index (κ3) is 3.28. The van der Waals surface area contributed by atoms with Gasteiger partial charge in [0.2, 0.25) is 0 Å². The molecular weight excluding hydrogens is 354 g/mol. The van der Waals surface area contributed by atoms with Crippen molar-refractivity contribution in [2.45, 2.75) is 18.0 Å². The molecule has 1 aromatic carbocycles. The van der Waals surface area contributed by atoms with Crippen LogP contribution in [0.25, 0.3) is 0 Å². The summed E-state index contributed by atoms with van der Waals surface area (Å²) in [6.45, 7) is 0. The molecule has 2 aromatic rings. The highest BCUT2D eigenvalue weighted by atomic mass is 19.2. The molecule has 1 unspecified atom stereocenters. The van der Waals surface area contributed by atoms with Crippen LogP contribution in [0.2, 0.25) is 0 Å². The predicted octanol–water partition coefficient (Wildman–Crippen LogP) is -0.278. The van der Waals surface area contributed by atoms with Gasteiger partial charge in [-0.1, -0.05) is 6.07 Å². The minimum atomic E-state index is -4.07. The van der Waals surface area contributed by atoms with E-state index in [-0.39, 0.29) is 11.5 Å². The molecule has 2 heterocycles. The van der Waals surface area contributed by atoms with Crippen LogP contribution >= 0.6 is 0 Å². The van der Waals surface area contributed by atoms with Crippen molar-refractivity contribution in [3.8, 4) is 0 Å². The van der Waals surface area contributed by atoms with Crippen molar-refractivity contribution in [2.75, 3.05) is 5.01 Å². The Morgan fingerprint density at radius 3 is 2.19 bits per heavy atom. The maximum atomic E-state index is 13.6. The molecule has 11 heteroatoms. The van der Waals surface area contributed by atoms with E-state index in [2.05, 4.69) is 15.1 Å². The van der Waals surface area contributed by atoms with Gasteiger partial charge in [0.25, 0.3) is 11.9 Å². The number of halogens is 2. The van der Waals surface area contributed by atoms with E-state index >= 15 is 0 Å². The van der Waals surface area contributed by atoms with Gasteiger partial charge in [-0.2, -0.15) is 18.9 Å². The Kier molecular flexibility index (Phi) is 4.24. The number of alkyl halides is 2. The summed E-state index contributed by atoms with van der Waals surface area (Å²) in [5.74, 6) is -1.72. The maximum Gasteiger partial charge on any atom is 0.344 e. The number of anilines is 1. The van der Waals surface area contributed by atoms with Crippen LogP contribution in [0.1, 0.15) is 22.6 Å². The van der Waals surface area contributed by atoms with Crippen LogP contribution in [0.15, 0.2) is 41.8 Å². The fourth-order valence-corrected chi connectivity index (χ4v) is 2.46. The smallest absolute Gasteiger partial charge is 0.336 e. The van der Waals surface area contributed by atoms with Crippen LogP contribution in [0.5, 0.6) is 0 Å². The summed E-state index contributed by atoms with van der Waals surface area (Å²) in [5.41, 5.74) is -2.29. The van der Waals surface area contributed by atoms with E-state index in [0.717, 1.165) is 17.1 Å². The number of benzene rings is 1. The van der Waals surface area contributed by atoms with E-state index in [9.17, 15) is 13.6 Å². The average molecular weight is 366 g/mol. The van der Waals surface area contributed by atoms with E-state index < -0.39 is 35.0 Å². The summed E-state index contributed by atoms with van der Waals surface area (Å²) in [6, 6.07) is -4.03. The lowest BCUT2D eigenvalue weighted by molar-refractivity contribution is -0.290. The summed E-state index contributed by atoms with van der Waals surface area (Å²) in [6.07, 6.45) is 3.96. The molecule has 136 valence electrons. The lowest BCUT2D eigenvalue weighted by Crippen LogP contribution is -2.29. The lowest BCUT2D eigenvalue weighted by Gasteiger charge is -2.22. The molecule has 0 saturated heterocycles. The molecule has 26 heavy (non-hydrogen) atoms. The first-order chi connectivity index (χ1) is 12.1. The first-order valence-corrected chi connectivity index (χ1v) is 7.16. The number of hydrogen-bond acceptors (Lipinski definition) is 8. The van der Waals surface area contributed by atoms with Gasteiger partial charge in [0.15, 0.2) is 0 Å². The normalized spacial score (nSPS) is 17.8. The van der Waals surface area contributed by atoms with Crippen LogP contribution in [0.3, 0.4) is 0 Å². The number of carbonyl (C=O) groups excluding carboxylic acids is 1. The Labute approximate surface area is 144 Å². The number of aromatic nitrogens is 2. The molecule has 0 saturated carbocycles. The minimum absolute atomic E-state index is 0.00491. The molecule has 9 nitrogen and oxygen atoms in total. The van der Waals surface area contributed by atoms with Gasteiger partial charge in [-0.15, -0.1) is 0 Å². The Hall–Kier alpha value is -2.86. The molecule has 0 spiro atoms. The van der Waals surface area contributed by atoms with Gasteiger partial charge in [-0.05, 0) is 23.8 Å². The molecule has 1 amide bonds.